The van der Waals surface area contributed by atoms with E-state index in [4.69, 9.17) is 16.3 Å². The molecule has 3 aromatic carbocycles. The van der Waals surface area contributed by atoms with Crippen molar-refractivity contribution in [3.8, 4) is 6.07 Å². The standard InChI is InChI=1S/C26H22ClF2NO2/c1-16(2)24(17-6-10-21(27)11-7-17)26(31)32-23(15-30)19-4-3-5-20(14-19)25(29)18-8-12-22(28)13-9-18/h3-14,16,23-25H,1-2H3. The largest absolute Gasteiger partial charge is 0.441 e. The highest BCUT2D eigenvalue weighted by molar-refractivity contribution is 6.30. The summed E-state index contributed by atoms with van der Waals surface area (Å²) in [6.45, 7) is 3.78. The normalized spacial score (nSPS) is 13.8. The number of alkyl halides is 1. The minimum atomic E-state index is -1.51. The molecular weight excluding hydrogens is 432 g/mol. The van der Waals surface area contributed by atoms with Gasteiger partial charge in [-0.25, -0.2) is 8.78 Å². The second kappa shape index (κ2) is 10.4. The maximum Gasteiger partial charge on any atom is 0.315 e. The van der Waals surface area contributed by atoms with Crippen LogP contribution in [-0.4, -0.2) is 5.97 Å². The Labute approximate surface area is 191 Å². The van der Waals surface area contributed by atoms with Crippen LogP contribution in [0, 0.1) is 23.1 Å². The number of hydrogen-bond donors (Lipinski definition) is 0. The van der Waals surface area contributed by atoms with E-state index in [1.54, 1.807) is 42.5 Å². The van der Waals surface area contributed by atoms with Crippen LogP contribution in [0.5, 0.6) is 0 Å². The number of nitriles is 1. The average molecular weight is 454 g/mol. The van der Waals surface area contributed by atoms with E-state index in [9.17, 15) is 18.8 Å². The maximum absolute atomic E-state index is 15.0. The third kappa shape index (κ3) is 5.52. The molecule has 0 spiro atoms. The first kappa shape index (κ1) is 23.4. The third-order valence-electron chi connectivity index (χ3n) is 5.17. The highest BCUT2D eigenvalue weighted by atomic mass is 35.5. The van der Waals surface area contributed by atoms with Gasteiger partial charge in [0.25, 0.3) is 0 Å². The SMILES string of the molecule is CC(C)C(C(=O)OC(C#N)c1cccc(C(F)c2ccc(F)cc2)c1)c1ccc(Cl)cc1. The number of benzene rings is 3. The minimum absolute atomic E-state index is 0.0805. The molecule has 3 atom stereocenters. The van der Waals surface area contributed by atoms with Gasteiger partial charge in [0.2, 0.25) is 6.10 Å². The van der Waals surface area contributed by atoms with Crippen molar-refractivity contribution in [1.29, 1.82) is 5.26 Å². The zero-order chi connectivity index (χ0) is 23.3. The van der Waals surface area contributed by atoms with Gasteiger partial charge in [-0.05, 0) is 52.9 Å². The Morgan fingerprint density at radius 2 is 1.53 bits per heavy atom. The summed E-state index contributed by atoms with van der Waals surface area (Å²) in [4.78, 5) is 13.0. The number of carbonyl (C=O) groups excluding carboxylic acids is 1. The lowest BCUT2D eigenvalue weighted by molar-refractivity contribution is -0.150. The predicted octanol–water partition coefficient (Wildman–Crippen LogP) is 7.09. The molecule has 0 aliphatic rings. The fourth-order valence-corrected chi connectivity index (χ4v) is 3.65. The van der Waals surface area contributed by atoms with E-state index in [1.165, 1.54) is 30.3 Å². The van der Waals surface area contributed by atoms with Gasteiger partial charge in [0.1, 0.15) is 11.9 Å². The Hall–Kier alpha value is -3.23. The fraction of sp³-hybridized carbons (Fsp3) is 0.231. The molecule has 0 saturated carbocycles. The van der Waals surface area contributed by atoms with Crippen LogP contribution in [0.25, 0.3) is 0 Å². The summed E-state index contributed by atoms with van der Waals surface area (Å²) in [6, 6.07) is 20.3. The van der Waals surface area contributed by atoms with Gasteiger partial charge in [-0.2, -0.15) is 5.26 Å². The molecule has 0 aliphatic heterocycles. The Morgan fingerprint density at radius 1 is 0.938 bits per heavy atom. The third-order valence-corrected chi connectivity index (χ3v) is 5.42. The van der Waals surface area contributed by atoms with Crippen LogP contribution in [0.1, 0.15) is 54.3 Å². The van der Waals surface area contributed by atoms with Crippen LogP contribution >= 0.6 is 11.6 Å². The van der Waals surface area contributed by atoms with E-state index < -0.39 is 30.0 Å². The summed E-state index contributed by atoms with van der Waals surface area (Å²) in [5.41, 5.74) is 1.67. The monoisotopic (exact) mass is 453 g/mol. The van der Waals surface area contributed by atoms with Crippen molar-refractivity contribution in [2.75, 3.05) is 0 Å². The molecule has 3 aromatic rings. The lowest BCUT2D eigenvalue weighted by Gasteiger charge is -2.22. The molecular formula is C26H22ClF2NO2. The van der Waals surface area contributed by atoms with Crippen LogP contribution in [-0.2, 0) is 9.53 Å². The number of halogens is 3. The Kier molecular flexibility index (Phi) is 7.61. The molecule has 0 N–H and O–H groups in total. The van der Waals surface area contributed by atoms with E-state index in [0.29, 0.717) is 10.6 Å². The molecule has 0 saturated heterocycles. The summed E-state index contributed by atoms with van der Waals surface area (Å²) in [5, 5.41) is 10.2. The molecule has 3 unspecified atom stereocenters. The van der Waals surface area contributed by atoms with Crippen LogP contribution in [0.3, 0.4) is 0 Å². The number of hydrogen-bond acceptors (Lipinski definition) is 3. The molecule has 0 aromatic heterocycles. The highest BCUT2D eigenvalue weighted by Gasteiger charge is 2.29. The topological polar surface area (TPSA) is 50.1 Å². The van der Waals surface area contributed by atoms with Gasteiger partial charge in [-0.3, -0.25) is 4.79 Å². The van der Waals surface area contributed by atoms with E-state index in [2.05, 4.69) is 0 Å². The lowest BCUT2D eigenvalue weighted by atomic mass is 9.88. The zero-order valence-electron chi connectivity index (χ0n) is 17.6. The van der Waals surface area contributed by atoms with Crippen LogP contribution in [0.2, 0.25) is 5.02 Å². The van der Waals surface area contributed by atoms with Crippen molar-refractivity contribution in [2.45, 2.75) is 32.0 Å². The summed E-state index contributed by atoms with van der Waals surface area (Å²) in [7, 11) is 0. The van der Waals surface area contributed by atoms with Crippen molar-refractivity contribution in [2.24, 2.45) is 5.92 Å². The summed E-state index contributed by atoms with van der Waals surface area (Å²) in [6.07, 6.45) is -2.71. The quantitative estimate of drug-likeness (QED) is 0.359. The Balaban J connectivity index is 1.82. The first-order valence-electron chi connectivity index (χ1n) is 10.1. The minimum Gasteiger partial charge on any atom is -0.441 e. The van der Waals surface area contributed by atoms with Gasteiger partial charge in [0.05, 0.1) is 5.92 Å². The van der Waals surface area contributed by atoms with E-state index >= 15 is 0 Å². The van der Waals surface area contributed by atoms with Crippen molar-refractivity contribution in [3.05, 3.63) is 106 Å². The molecule has 0 fully saturated rings. The highest BCUT2D eigenvalue weighted by Crippen LogP contribution is 2.32. The Bertz CT molecular complexity index is 1110. The lowest BCUT2D eigenvalue weighted by Crippen LogP contribution is -2.22. The van der Waals surface area contributed by atoms with Gasteiger partial charge in [-0.1, -0.05) is 67.9 Å². The van der Waals surface area contributed by atoms with E-state index in [0.717, 1.165) is 5.56 Å². The second-order valence-corrected chi connectivity index (χ2v) is 8.24. The smallest absolute Gasteiger partial charge is 0.315 e. The molecule has 0 heterocycles. The predicted molar refractivity (Wildman–Crippen MR) is 119 cm³/mol. The number of esters is 1. The summed E-state index contributed by atoms with van der Waals surface area (Å²) in [5.74, 6) is -1.66. The summed E-state index contributed by atoms with van der Waals surface area (Å²) >= 11 is 5.95. The van der Waals surface area contributed by atoms with Crippen LogP contribution < -0.4 is 0 Å². The van der Waals surface area contributed by atoms with Crippen molar-refractivity contribution >= 4 is 17.6 Å². The molecule has 0 bridgehead atoms. The molecule has 0 radical (unpaired) electrons. The average Bonchev–Trinajstić information content (AvgIpc) is 2.79. The van der Waals surface area contributed by atoms with Crippen molar-refractivity contribution < 1.29 is 18.3 Å². The fourth-order valence-electron chi connectivity index (χ4n) is 3.53. The van der Waals surface area contributed by atoms with Crippen molar-refractivity contribution in [3.63, 3.8) is 0 Å². The maximum atomic E-state index is 15.0. The number of carbonyl (C=O) groups is 1. The number of nitrogens with zero attached hydrogens (tertiary/aromatic N) is 1. The van der Waals surface area contributed by atoms with Gasteiger partial charge in [-0.15, -0.1) is 0 Å². The van der Waals surface area contributed by atoms with Gasteiger partial charge in [0.15, 0.2) is 6.17 Å². The molecule has 0 aliphatic carbocycles. The molecule has 6 heteroatoms. The molecule has 3 nitrogen and oxygen atoms in total. The molecule has 3 rings (SSSR count). The molecule has 164 valence electrons. The molecule has 32 heavy (non-hydrogen) atoms. The second-order valence-electron chi connectivity index (χ2n) is 7.80. The Morgan fingerprint density at radius 3 is 2.12 bits per heavy atom. The van der Waals surface area contributed by atoms with Crippen LogP contribution in [0.4, 0.5) is 8.78 Å². The first-order valence-corrected chi connectivity index (χ1v) is 10.5. The van der Waals surface area contributed by atoms with E-state index in [-0.39, 0.29) is 17.0 Å². The first-order chi connectivity index (χ1) is 15.3. The van der Waals surface area contributed by atoms with Gasteiger partial charge in [0, 0.05) is 10.6 Å². The zero-order valence-corrected chi connectivity index (χ0v) is 18.4. The van der Waals surface area contributed by atoms with E-state index in [1.807, 2.05) is 19.9 Å². The number of ether oxygens (including phenoxy) is 1. The van der Waals surface area contributed by atoms with Gasteiger partial charge < -0.3 is 4.74 Å². The van der Waals surface area contributed by atoms with Crippen LogP contribution in [0.15, 0.2) is 72.8 Å². The molecule has 0 amide bonds. The van der Waals surface area contributed by atoms with Gasteiger partial charge >= 0.3 is 5.97 Å². The summed E-state index contributed by atoms with van der Waals surface area (Å²) < 4.78 is 33.7. The van der Waals surface area contributed by atoms with Crippen molar-refractivity contribution in [1.82, 2.24) is 0 Å². The number of rotatable bonds is 7.